The van der Waals surface area contributed by atoms with Crippen LogP contribution in [-0.2, 0) is 20.9 Å². The summed E-state index contributed by atoms with van der Waals surface area (Å²) in [6, 6.07) is 6.16. The Labute approximate surface area is 170 Å². The van der Waals surface area contributed by atoms with Gasteiger partial charge in [-0.3, -0.25) is 4.55 Å². The van der Waals surface area contributed by atoms with Gasteiger partial charge in [0.05, 0.1) is 0 Å². The minimum atomic E-state index is -4.27. The highest BCUT2D eigenvalue weighted by molar-refractivity contribution is 7.86. The lowest BCUT2D eigenvalue weighted by Crippen LogP contribution is -2.37. The lowest BCUT2D eigenvalue weighted by atomic mass is 9.63. The molecule has 4 saturated carbocycles. The number of hydrogen-bond donors (Lipinski definition) is 1. The van der Waals surface area contributed by atoms with E-state index >= 15 is 0 Å². The molecule has 4 bridgehead atoms. The smallest absolute Gasteiger partial charge is 0.282 e. The van der Waals surface area contributed by atoms with Crippen molar-refractivity contribution in [3.8, 4) is 0 Å². The highest BCUT2D eigenvalue weighted by atomic mass is 32.2. The molecule has 5 rings (SSSR count). The molecule has 0 heterocycles. The minimum Gasteiger partial charge on any atom is -0.282 e. The number of fused-ring (bicyclic) bond motifs is 4. The van der Waals surface area contributed by atoms with Crippen LogP contribution in [0.4, 0.5) is 0 Å². The van der Waals surface area contributed by atoms with Crippen LogP contribution in [0.2, 0.25) is 0 Å². The van der Waals surface area contributed by atoms with Gasteiger partial charge in [-0.2, -0.15) is 8.42 Å². The van der Waals surface area contributed by atoms with Crippen LogP contribution in [0.1, 0.15) is 89.2 Å². The minimum absolute atomic E-state index is 0.0728. The van der Waals surface area contributed by atoms with Crippen molar-refractivity contribution >= 4 is 10.1 Å². The van der Waals surface area contributed by atoms with Crippen LogP contribution in [0.15, 0.2) is 23.1 Å². The molecule has 0 amide bonds. The van der Waals surface area contributed by atoms with Gasteiger partial charge in [-0.15, -0.1) is 0 Å². The summed E-state index contributed by atoms with van der Waals surface area (Å²) < 4.78 is 36.2. The van der Waals surface area contributed by atoms with Gasteiger partial charge in [-0.25, -0.2) is 0 Å². The fraction of sp³-hybridized carbons (Fsp3) is 0.750. The Morgan fingerprint density at radius 2 is 1.36 bits per heavy atom. The van der Waals surface area contributed by atoms with E-state index in [1.165, 1.54) is 38.5 Å². The average molecular weight is 403 g/mol. The van der Waals surface area contributed by atoms with E-state index in [0.29, 0.717) is 16.7 Å². The zero-order valence-corrected chi connectivity index (χ0v) is 18.1. The predicted octanol–water partition coefficient (Wildman–Crippen LogP) is 5.87. The van der Waals surface area contributed by atoms with Crippen molar-refractivity contribution < 1.29 is 13.0 Å². The first-order valence-electron chi connectivity index (χ1n) is 11.5. The zero-order valence-electron chi connectivity index (χ0n) is 17.3. The van der Waals surface area contributed by atoms with Crippen molar-refractivity contribution in [3.63, 3.8) is 0 Å². The van der Waals surface area contributed by atoms with Crippen molar-refractivity contribution in [2.45, 2.75) is 93.8 Å². The Morgan fingerprint density at radius 3 is 1.64 bits per heavy atom. The van der Waals surface area contributed by atoms with E-state index < -0.39 is 10.1 Å². The van der Waals surface area contributed by atoms with Gasteiger partial charge in [0, 0.05) is 0 Å². The van der Waals surface area contributed by atoms with Crippen molar-refractivity contribution in [3.05, 3.63) is 29.3 Å². The molecule has 0 aliphatic heterocycles. The SMILES string of the molecule is CCC1(c2cccc(C3(CC)CC4CCC3C4)c2S(=O)(=O)O)CC2CCC1C2. The number of rotatable bonds is 5. The van der Waals surface area contributed by atoms with E-state index in [-0.39, 0.29) is 10.8 Å². The molecule has 4 aliphatic rings. The van der Waals surface area contributed by atoms with E-state index in [4.69, 9.17) is 0 Å². The fourth-order valence-electron chi connectivity index (χ4n) is 8.39. The van der Waals surface area contributed by atoms with E-state index in [1.54, 1.807) is 0 Å². The van der Waals surface area contributed by atoms with Crippen LogP contribution in [-0.4, -0.2) is 13.0 Å². The van der Waals surface area contributed by atoms with Crippen LogP contribution >= 0.6 is 0 Å². The van der Waals surface area contributed by atoms with Gasteiger partial charge in [-0.1, -0.05) is 44.9 Å². The molecular formula is C24H34O3S. The molecule has 4 aliphatic carbocycles. The van der Waals surface area contributed by atoms with E-state index in [2.05, 4.69) is 19.9 Å². The molecule has 1 N–H and O–H groups in total. The maximum atomic E-state index is 12.9. The molecule has 4 heteroatoms. The van der Waals surface area contributed by atoms with E-state index in [0.717, 1.165) is 48.6 Å². The van der Waals surface area contributed by atoms with Gasteiger partial charge in [0.2, 0.25) is 0 Å². The summed E-state index contributed by atoms with van der Waals surface area (Å²) in [6.07, 6.45) is 11.5. The fourth-order valence-corrected chi connectivity index (χ4v) is 9.49. The Kier molecular flexibility index (Phi) is 4.31. The van der Waals surface area contributed by atoms with Gasteiger partial charge in [-0.05, 0) is 97.0 Å². The van der Waals surface area contributed by atoms with Crippen LogP contribution < -0.4 is 0 Å². The first-order chi connectivity index (χ1) is 13.3. The van der Waals surface area contributed by atoms with Crippen LogP contribution in [0.25, 0.3) is 0 Å². The average Bonchev–Trinajstić information content (AvgIpc) is 3.46. The van der Waals surface area contributed by atoms with Crippen molar-refractivity contribution in [1.29, 1.82) is 0 Å². The Morgan fingerprint density at radius 1 is 0.893 bits per heavy atom. The standard InChI is InChI=1S/C24H34O3S/c1-3-23(14-16-8-10-18(23)12-16)20-6-5-7-21(22(20)28(25,26)27)24(4-2)15-17-9-11-19(24)13-17/h5-7,16-19H,3-4,8-15H2,1-2H3,(H,25,26,27). The summed E-state index contributed by atoms with van der Waals surface area (Å²) >= 11 is 0. The first-order valence-corrected chi connectivity index (χ1v) is 12.9. The number of benzene rings is 1. The maximum absolute atomic E-state index is 12.9. The lowest BCUT2D eigenvalue weighted by molar-refractivity contribution is 0.239. The largest absolute Gasteiger partial charge is 0.295 e. The van der Waals surface area contributed by atoms with Crippen LogP contribution in [0, 0.1) is 23.7 Å². The quantitative estimate of drug-likeness (QED) is 0.627. The maximum Gasteiger partial charge on any atom is 0.295 e. The van der Waals surface area contributed by atoms with Gasteiger partial charge < -0.3 is 0 Å². The van der Waals surface area contributed by atoms with E-state index in [1.807, 2.05) is 12.1 Å². The molecule has 1 aromatic rings. The van der Waals surface area contributed by atoms with Crippen molar-refractivity contribution in [1.82, 2.24) is 0 Å². The zero-order chi connectivity index (χ0) is 19.7. The monoisotopic (exact) mass is 402 g/mol. The summed E-state index contributed by atoms with van der Waals surface area (Å²) in [7, 11) is -4.27. The second-order valence-corrected chi connectivity index (χ2v) is 11.7. The predicted molar refractivity (Wildman–Crippen MR) is 111 cm³/mol. The first kappa shape index (κ1) is 19.1. The topological polar surface area (TPSA) is 54.4 Å². The lowest BCUT2D eigenvalue weighted by Gasteiger charge is -2.42. The van der Waals surface area contributed by atoms with Gasteiger partial charge >= 0.3 is 0 Å². The molecule has 3 nitrogen and oxygen atoms in total. The van der Waals surface area contributed by atoms with Crippen LogP contribution in [0.5, 0.6) is 0 Å². The number of hydrogen-bond acceptors (Lipinski definition) is 2. The molecular weight excluding hydrogens is 368 g/mol. The molecule has 4 fully saturated rings. The van der Waals surface area contributed by atoms with Gasteiger partial charge in [0.25, 0.3) is 10.1 Å². The normalized spacial score (nSPS) is 41.8. The Bertz CT molecular complexity index is 837. The highest BCUT2D eigenvalue weighted by Gasteiger charge is 2.55. The second-order valence-electron chi connectivity index (χ2n) is 10.3. The van der Waals surface area contributed by atoms with Crippen LogP contribution in [0.3, 0.4) is 0 Å². The molecule has 0 spiro atoms. The summed E-state index contributed by atoms with van der Waals surface area (Å²) in [5, 5.41) is 0. The summed E-state index contributed by atoms with van der Waals surface area (Å²) in [6.45, 7) is 4.43. The van der Waals surface area contributed by atoms with Crippen molar-refractivity contribution in [2.75, 3.05) is 0 Å². The van der Waals surface area contributed by atoms with Gasteiger partial charge in [0.15, 0.2) is 0 Å². The third-order valence-corrected chi connectivity index (χ3v) is 10.5. The van der Waals surface area contributed by atoms with Gasteiger partial charge in [0.1, 0.15) is 4.90 Å². The third kappa shape index (κ3) is 2.46. The summed E-state index contributed by atoms with van der Waals surface area (Å²) in [5.74, 6) is 2.59. The Hall–Kier alpha value is -0.870. The second kappa shape index (κ2) is 6.31. The molecule has 28 heavy (non-hydrogen) atoms. The molecule has 6 unspecified atom stereocenters. The third-order valence-electron chi connectivity index (χ3n) is 9.56. The molecule has 0 radical (unpaired) electrons. The summed E-state index contributed by atoms with van der Waals surface area (Å²) in [5.41, 5.74) is 1.74. The molecule has 6 atom stereocenters. The molecule has 0 aromatic heterocycles. The van der Waals surface area contributed by atoms with E-state index in [9.17, 15) is 13.0 Å². The molecule has 1 aromatic carbocycles. The molecule has 0 saturated heterocycles. The summed E-state index contributed by atoms with van der Waals surface area (Å²) in [4.78, 5) is 0.304. The van der Waals surface area contributed by atoms with Crippen molar-refractivity contribution in [2.24, 2.45) is 23.7 Å². The molecule has 154 valence electrons. The highest BCUT2D eigenvalue weighted by Crippen LogP contribution is 2.63. The Balaban J connectivity index is 1.74.